The quantitative estimate of drug-likeness (QED) is 0.806. The number of morpholine rings is 1. The summed E-state index contributed by atoms with van der Waals surface area (Å²) in [5.41, 5.74) is 0. The van der Waals surface area contributed by atoms with Crippen molar-refractivity contribution >= 4 is 17.2 Å². The maximum atomic E-state index is 12.5. The van der Waals surface area contributed by atoms with Crippen molar-refractivity contribution in [3.8, 4) is 0 Å². The topological polar surface area (TPSA) is 32.8 Å². The van der Waals surface area contributed by atoms with Gasteiger partial charge in [-0.2, -0.15) is 0 Å². The Morgan fingerprint density at radius 3 is 2.95 bits per heavy atom. The van der Waals surface area contributed by atoms with Gasteiger partial charge in [0.25, 0.3) is 0 Å². The molecule has 0 bridgehead atoms. The van der Waals surface area contributed by atoms with Crippen molar-refractivity contribution in [2.75, 3.05) is 39.4 Å². The first-order chi connectivity index (χ1) is 10.8. The molecule has 0 saturated carbocycles. The summed E-state index contributed by atoms with van der Waals surface area (Å²) in [5.74, 6) is 0.354. The second-order valence-electron chi connectivity index (χ2n) is 6.23. The van der Waals surface area contributed by atoms with Gasteiger partial charge < -0.3 is 9.64 Å². The van der Waals surface area contributed by atoms with Crippen LogP contribution in [0.3, 0.4) is 0 Å². The number of hydrogen-bond donors (Lipinski definition) is 0. The van der Waals surface area contributed by atoms with E-state index in [0.717, 1.165) is 65.1 Å². The molecule has 1 atom stereocenters. The van der Waals surface area contributed by atoms with Crippen molar-refractivity contribution in [2.24, 2.45) is 0 Å². The third kappa shape index (κ3) is 4.31. The average Bonchev–Trinajstić information content (AvgIpc) is 3.20. The van der Waals surface area contributed by atoms with Crippen LogP contribution in [0.15, 0.2) is 17.5 Å². The largest absolute Gasteiger partial charge is 0.379 e. The molecule has 2 fully saturated rings. The van der Waals surface area contributed by atoms with Gasteiger partial charge in [-0.05, 0) is 37.1 Å². The number of aryl methyl sites for hydroxylation is 1. The Labute approximate surface area is 137 Å². The van der Waals surface area contributed by atoms with Crippen molar-refractivity contribution in [1.29, 1.82) is 0 Å². The van der Waals surface area contributed by atoms with Gasteiger partial charge in [0.1, 0.15) is 0 Å². The first kappa shape index (κ1) is 16.0. The average molecular weight is 322 g/mol. The van der Waals surface area contributed by atoms with E-state index in [4.69, 9.17) is 4.74 Å². The van der Waals surface area contributed by atoms with Gasteiger partial charge in [0.2, 0.25) is 5.91 Å². The SMILES string of the molecule is O=C(CCCc1cccs1)N1CCC[C@@H]1CN1CCOCC1. The maximum Gasteiger partial charge on any atom is 0.222 e. The first-order valence-corrected chi connectivity index (χ1v) is 9.33. The Kier molecular flexibility index (Phi) is 5.87. The highest BCUT2D eigenvalue weighted by molar-refractivity contribution is 7.09. The fourth-order valence-corrected chi connectivity index (χ4v) is 4.20. The molecule has 0 N–H and O–H groups in total. The molecule has 3 heterocycles. The van der Waals surface area contributed by atoms with Crippen LogP contribution in [0, 0.1) is 0 Å². The van der Waals surface area contributed by atoms with Gasteiger partial charge in [-0.3, -0.25) is 9.69 Å². The van der Waals surface area contributed by atoms with Gasteiger partial charge in [-0.15, -0.1) is 11.3 Å². The summed E-state index contributed by atoms with van der Waals surface area (Å²) in [6.07, 6.45) is 5.02. The zero-order valence-electron chi connectivity index (χ0n) is 13.2. The van der Waals surface area contributed by atoms with Crippen molar-refractivity contribution in [1.82, 2.24) is 9.80 Å². The highest BCUT2D eigenvalue weighted by Gasteiger charge is 2.30. The number of nitrogens with zero attached hydrogens (tertiary/aromatic N) is 2. The lowest BCUT2D eigenvalue weighted by atomic mass is 10.1. The van der Waals surface area contributed by atoms with Crippen molar-refractivity contribution in [3.63, 3.8) is 0 Å². The van der Waals surface area contributed by atoms with E-state index in [1.165, 1.54) is 4.88 Å². The molecule has 122 valence electrons. The molecule has 1 aromatic rings. The van der Waals surface area contributed by atoms with E-state index < -0.39 is 0 Å². The second kappa shape index (κ2) is 8.09. The van der Waals surface area contributed by atoms with Crippen LogP contribution in [0.1, 0.15) is 30.6 Å². The van der Waals surface area contributed by atoms with Crippen LogP contribution in [-0.4, -0.2) is 61.1 Å². The van der Waals surface area contributed by atoms with Gasteiger partial charge in [0.05, 0.1) is 13.2 Å². The van der Waals surface area contributed by atoms with E-state index in [-0.39, 0.29) is 0 Å². The van der Waals surface area contributed by atoms with Gasteiger partial charge in [0.15, 0.2) is 0 Å². The van der Waals surface area contributed by atoms with E-state index in [2.05, 4.69) is 27.3 Å². The number of hydrogen-bond acceptors (Lipinski definition) is 4. The molecule has 4 nitrogen and oxygen atoms in total. The number of carbonyl (C=O) groups is 1. The summed E-state index contributed by atoms with van der Waals surface area (Å²) < 4.78 is 5.41. The fraction of sp³-hybridized carbons (Fsp3) is 0.706. The molecular weight excluding hydrogens is 296 g/mol. The van der Waals surface area contributed by atoms with E-state index in [9.17, 15) is 4.79 Å². The van der Waals surface area contributed by atoms with Crippen molar-refractivity contribution < 1.29 is 9.53 Å². The molecule has 2 aliphatic rings. The van der Waals surface area contributed by atoms with Gasteiger partial charge in [0, 0.05) is 43.5 Å². The molecule has 0 spiro atoms. The molecule has 2 aliphatic heterocycles. The minimum atomic E-state index is 0.354. The lowest BCUT2D eigenvalue weighted by Crippen LogP contribution is -2.46. The van der Waals surface area contributed by atoms with Crippen LogP contribution in [0.2, 0.25) is 0 Å². The van der Waals surface area contributed by atoms with E-state index in [0.29, 0.717) is 18.4 Å². The molecule has 22 heavy (non-hydrogen) atoms. The summed E-state index contributed by atoms with van der Waals surface area (Å²) in [5, 5.41) is 2.11. The van der Waals surface area contributed by atoms with E-state index in [1.807, 2.05) is 0 Å². The van der Waals surface area contributed by atoms with Gasteiger partial charge in [-0.25, -0.2) is 0 Å². The summed E-state index contributed by atoms with van der Waals surface area (Å²) in [6, 6.07) is 4.67. The summed E-state index contributed by atoms with van der Waals surface area (Å²) >= 11 is 1.79. The molecule has 0 unspecified atom stereocenters. The maximum absolute atomic E-state index is 12.5. The molecule has 2 saturated heterocycles. The molecule has 0 radical (unpaired) electrons. The molecule has 0 aliphatic carbocycles. The number of carbonyl (C=O) groups excluding carboxylic acids is 1. The molecule has 5 heteroatoms. The monoisotopic (exact) mass is 322 g/mol. The molecule has 0 aromatic carbocycles. The normalized spacial score (nSPS) is 23.1. The predicted molar refractivity (Wildman–Crippen MR) is 89.3 cm³/mol. The summed E-state index contributed by atoms with van der Waals surface area (Å²) in [6.45, 7) is 5.67. The number of likely N-dealkylation sites (tertiary alicyclic amines) is 1. The Morgan fingerprint density at radius 2 is 2.18 bits per heavy atom. The lowest BCUT2D eigenvalue weighted by molar-refractivity contribution is -0.132. The lowest BCUT2D eigenvalue weighted by Gasteiger charge is -2.33. The van der Waals surface area contributed by atoms with Crippen molar-refractivity contribution in [2.45, 2.75) is 38.1 Å². The Hall–Kier alpha value is -0.910. The Morgan fingerprint density at radius 1 is 1.32 bits per heavy atom. The van der Waals surface area contributed by atoms with E-state index >= 15 is 0 Å². The zero-order valence-corrected chi connectivity index (χ0v) is 14.0. The number of rotatable bonds is 6. The number of ether oxygens (including phenoxy) is 1. The molecular formula is C17H26N2O2S. The minimum absolute atomic E-state index is 0.354. The third-order valence-corrected chi connectivity index (χ3v) is 5.60. The molecule has 3 rings (SSSR count). The smallest absolute Gasteiger partial charge is 0.222 e. The highest BCUT2D eigenvalue weighted by Crippen LogP contribution is 2.21. The molecule has 1 aromatic heterocycles. The predicted octanol–water partition coefficient (Wildman–Crippen LogP) is 2.39. The van der Waals surface area contributed by atoms with Crippen LogP contribution in [0.4, 0.5) is 0 Å². The molecule has 1 amide bonds. The van der Waals surface area contributed by atoms with Gasteiger partial charge in [-0.1, -0.05) is 6.07 Å². The summed E-state index contributed by atoms with van der Waals surface area (Å²) in [7, 11) is 0. The van der Waals surface area contributed by atoms with Crippen LogP contribution >= 0.6 is 11.3 Å². The Balaban J connectivity index is 1.43. The van der Waals surface area contributed by atoms with Crippen LogP contribution < -0.4 is 0 Å². The van der Waals surface area contributed by atoms with Crippen molar-refractivity contribution in [3.05, 3.63) is 22.4 Å². The number of thiophene rings is 1. The summed E-state index contributed by atoms with van der Waals surface area (Å²) in [4.78, 5) is 18.5. The number of amides is 1. The third-order valence-electron chi connectivity index (χ3n) is 4.66. The second-order valence-corrected chi connectivity index (χ2v) is 7.26. The van der Waals surface area contributed by atoms with Crippen LogP contribution in [0.5, 0.6) is 0 Å². The van der Waals surface area contributed by atoms with E-state index in [1.54, 1.807) is 11.3 Å². The van der Waals surface area contributed by atoms with Crippen LogP contribution in [0.25, 0.3) is 0 Å². The zero-order chi connectivity index (χ0) is 15.2. The Bertz CT molecular complexity index is 457. The highest BCUT2D eigenvalue weighted by atomic mass is 32.1. The fourth-order valence-electron chi connectivity index (χ4n) is 3.45. The first-order valence-electron chi connectivity index (χ1n) is 8.45. The van der Waals surface area contributed by atoms with Gasteiger partial charge >= 0.3 is 0 Å². The standard InChI is InChI=1S/C17H26N2O2S/c20-17(7-1-5-16-6-3-13-22-16)19-8-2-4-15(19)14-18-9-11-21-12-10-18/h3,6,13,15H,1-2,4-5,7-12,14H2/t15-/m1/s1. The van der Waals surface area contributed by atoms with Crippen LogP contribution in [-0.2, 0) is 16.0 Å². The minimum Gasteiger partial charge on any atom is -0.379 e.